The van der Waals surface area contributed by atoms with Crippen molar-refractivity contribution in [3.63, 3.8) is 0 Å². The maximum Gasteiger partial charge on any atom is 0.232 e. The van der Waals surface area contributed by atoms with Gasteiger partial charge in [-0.15, -0.1) is 0 Å². The highest BCUT2D eigenvalue weighted by molar-refractivity contribution is 6.14. The van der Waals surface area contributed by atoms with Crippen molar-refractivity contribution in [3.05, 3.63) is 65.1 Å². The number of ketones is 1. The molecular formula is C22H19NO5. The van der Waals surface area contributed by atoms with Gasteiger partial charge in [0.15, 0.2) is 5.76 Å². The van der Waals surface area contributed by atoms with Crippen molar-refractivity contribution in [3.8, 4) is 11.5 Å². The van der Waals surface area contributed by atoms with Crippen LogP contribution in [0.15, 0.2) is 52.6 Å². The number of quaternary nitrogens is 1. The van der Waals surface area contributed by atoms with Gasteiger partial charge in [0.05, 0.1) is 18.8 Å². The van der Waals surface area contributed by atoms with Gasteiger partial charge in [-0.2, -0.15) is 0 Å². The summed E-state index contributed by atoms with van der Waals surface area (Å²) in [7, 11) is 0. The molecule has 2 aromatic carbocycles. The zero-order valence-electron chi connectivity index (χ0n) is 15.2. The SMILES string of the molecule is O=C1C(=Cc2cc3ccccc3o2)Oc2c1ccc([O-])c2C[NH+]1CCOCC1. The summed E-state index contributed by atoms with van der Waals surface area (Å²) in [6.07, 6.45) is 1.60. The monoisotopic (exact) mass is 377 g/mol. The third kappa shape index (κ3) is 2.96. The van der Waals surface area contributed by atoms with Gasteiger partial charge >= 0.3 is 0 Å². The first-order chi connectivity index (χ1) is 13.7. The lowest BCUT2D eigenvalue weighted by Crippen LogP contribution is -3.12. The molecule has 3 aromatic rings. The minimum atomic E-state index is -0.228. The predicted octanol–water partition coefficient (Wildman–Crippen LogP) is 1.54. The Kier molecular flexibility index (Phi) is 4.15. The standard InChI is InChI=1S/C22H19NO5/c24-18-6-5-16-21(25)20(12-15-11-14-3-1-2-4-19(14)27-15)28-22(16)17(18)13-23-7-9-26-10-8-23/h1-6,11-12,24H,7-10,13H2. The van der Waals surface area contributed by atoms with Gasteiger partial charge in [0, 0.05) is 17.0 Å². The van der Waals surface area contributed by atoms with E-state index in [0.717, 1.165) is 24.1 Å². The van der Waals surface area contributed by atoms with Crippen LogP contribution in [-0.2, 0) is 11.3 Å². The fourth-order valence-electron chi connectivity index (χ4n) is 3.75. The number of rotatable bonds is 3. The highest BCUT2D eigenvalue weighted by atomic mass is 16.5. The number of carbonyl (C=O) groups is 1. The fraction of sp³-hybridized carbons (Fsp3) is 0.227. The summed E-state index contributed by atoms with van der Waals surface area (Å²) in [6, 6.07) is 12.5. The lowest BCUT2D eigenvalue weighted by Gasteiger charge is -2.26. The topological polar surface area (TPSA) is 76.2 Å². The van der Waals surface area contributed by atoms with Crippen molar-refractivity contribution >= 4 is 22.8 Å². The molecule has 3 heterocycles. The van der Waals surface area contributed by atoms with Crippen LogP contribution >= 0.6 is 0 Å². The van der Waals surface area contributed by atoms with E-state index in [1.807, 2.05) is 30.3 Å². The Morgan fingerprint density at radius 3 is 2.75 bits per heavy atom. The molecule has 0 saturated carbocycles. The molecule has 0 amide bonds. The van der Waals surface area contributed by atoms with Gasteiger partial charge in [-0.05, 0) is 18.2 Å². The summed E-state index contributed by atoms with van der Waals surface area (Å²) in [4.78, 5) is 14.1. The average molecular weight is 377 g/mol. The molecule has 28 heavy (non-hydrogen) atoms. The lowest BCUT2D eigenvalue weighted by molar-refractivity contribution is -0.921. The molecule has 0 atom stereocenters. The molecule has 6 nitrogen and oxygen atoms in total. The molecule has 1 fully saturated rings. The second-order valence-electron chi connectivity index (χ2n) is 7.08. The van der Waals surface area contributed by atoms with E-state index in [-0.39, 0.29) is 17.3 Å². The van der Waals surface area contributed by atoms with Gasteiger partial charge < -0.3 is 23.9 Å². The number of allylic oxidation sites excluding steroid dienone is 1. The fourth-order valence-corrected chi connectivity index (χ4v) is 3.75. The molecule has 0 aliphatic carbocycles. The van der Waals surface area contributed by atoms with Crippen LogP contribution in [0.3, 0.4) is 0 Å². The Labute approximate surface area is 161 Å². The van der Waals surface area contributed by atoms with Gasteiger partial charge in [0.1, 0.15) is 36.7 Å². The first-order valence-electron chi connectivity index (χ1n) is 9.36. The Bertz CT molecular complexity index is 1060. The summed E-state index contributed by atoms with van der Waals surface area (Å²) < 4.78 is 17.0. The summed E-state index contributed by atoms with van der Waals surface area (Å²) in [5.41, 5.74) is 1.73. The minimum absolute atomic E-state index is 0.101. The largest absolute Gasteiger partial charge is 0.872 e. The van der Waals surface area contributed by atoms with E-state index in [1.54, 1.807) is 12.1 Å². The van der Waals surface area contributed by atoms with E-state index in [0.29, 0.717) is 42.4 Å². The number of morpholine rings is 1. The zero-order valence-corrected chi connectivity index (χ0v) is 15.2. The van der Waals surface area contributed by atoms with E-state index in [1.165, 1.54) is 11.0 Å². The molecule has 6 heteroatoms. The quantitative estimate of drug-likeness (QED) is 0.701. The first-order valence-corrected chi connectivity index (χ1v) is 9.36. The third-order valence-corrected chi connectivity index (χ3v) is 5.24. The van der Waals surface area contributed by atoms with E-state index >= 15 is 0 Å². The molecule has 1 N–H and O–H groups in total. The van der Waals surface area contributed by atoms with Crippen molar-refractivity contribution in [1.29, 1.82) is 0 Å². The van der Waals surface area contributed by atoms with Crippen LogP contribution in [0.2, 0.25) is 0 Å². The van der Waals surface area contributed by atoms with Crippen molar-refractivity contribution < 1.29 is 28.7 Å². The third-order valence-electron chi connectivity index (χ3n) is 5.24. The molecule has 2 aliphatic heterocycles. The summed E-state index contributed by atoms with van der Waals surface area (Å²) in [5.74, 6) is 0.779. The van der Waals surface area contributed by atoms with E-state index in [9.17, 15) is 9.90 Å². The highest BCUT2D eigenvalue weighted by Crippen LogP contribution is 2.38. The average Bonchev–Trinajstić information content (AvgIpc) is 3.26. The second-order valence-corrected chi connectivity index (χ2v) is 7.08. The minimum Gasteiger partial charge on any atom is -0.872 e. The van der Waals surface area contributed by atoms with Crippen LogP contribution in [0.1, 0.15) is 21.7 Å². The van der Waals surface area contributed by atoms with Crippen molar-refractivity contribution in [2.75, 3.05) is 26.3 Å². The van der Waals surface area contributed by atoms with Gasteiger partial charge in [-0.1, -0.05) is 30.0 Å². The Morgan fingerprint density at radius 1 is 1.11 bits per heavy atom. The summed E-state index contributed by atoms with van der Waals surface area (Å²) >= 11 is 0. The molecule has 1 saturated heterocycles. The predicted molar refractivity (Wildman–Crippen MR) is 100 cm³/mol. The molecule has 0 spiro atoms. The van der Waals surface area contributed by atoms with Gasteiger partial charge in [0.25, 0.3) is 0 Å². The maximum absolute atomic E-state index is 12.8. The van der Waals surface area contributed by atoms with E-state index in [2.05, 4.69) is 0 Å². The normalized spacial score (nSPS) is 18.6. The highest BCUT2D eigenvalue weighted by Gasteiger charge is 2.31. The van der Waals surface area contributed by atoms with Gasteiger partial charge in [-0.25, -0.2) is 0 Å². The molecule has 142 valence electrons. The van der Waals surface area contributed by atoms with Crippen LogP contribution < -0.4 is 14.7 Å². The van der Waals surface area contributed by atoms with E-state index in [4.69, 9.17) is 13.9 Å². The number of hydrogen-bond acceptors (Lipinski definition) is 5. The number of furan rings is 1. The van der Waals surface area contributed by atoms with Crippen LogP contribution in [0.5, 0.6) is 11.5 Å². The van der Waals surface area contributed by atoms with Crippen molar-refractivity contribution in [2.45, 2.75) is 6.54 Å². The molecule has 0 unspecified atom stereocenters. The van der Waals surface area contributed by atoms with Crippen molar-refractivity contribution in [1.82, 2.24) is 0 Å². The zero-order chi connectivity index (χ0) is 19.1. The molecular weight excluding hydrogens is 358 g/mol. The van der Waals surface area contributed by atoms with E-state index < -0.39 is 0 Å². The Balaban J connectivity index is 1.48. The number of fused-ring (bicyclic) bond motifs is 2. The number of ether oxygens (including phenoxy) is 2. The van der Waals surface area contributed by atoms with Crippen LogP contribution in [0.25, 0.3) is 17.0 Å². The number of nitrogens with one attached hydrogen (secondary N) is 1. The summed E-state index contributed by atoms with van der Waals surface area (Å²) in [5, 5.41) is 13.4. The molecule has 5 rings (SSSR count). The Morgan fingerprint density at radius 2 is 1.93 bits per heavy atom. The summed E-state index contributed by atoms with van der Waals surface area (Å²) in [6.45, 7) is 3.54. The molecule has 0 bridgehead atoms. The molecule has 2 aliphatic rings. The van der Waals surface area contributed by atoms with Crippen molar-refractivity contribution in [2.24, 2.45) is 0 Å². The van der Waals surface area contributed by atoms with Gasteiger partial charge in [0.2, 0.25) is 5.78 Å². The number of carbonyl (C=O) groups excluding carboxylic acids is 1. The molecule has 0 radical (unpaired) electrons. The smallest absolute Gasteiger partial charge is 0.232 e. The maximum atomic E-state index is 12.8. The lowest BCUT2D eigenvalue weighted by atomic mass is 10.0. The first kappa shape index (κ1) is 17.0. The van der Waals surface area contributed by atoms with Crippen LogP contribution in [-0.4, -0.2) is 32.1 Å². The van der Waals surface area contributed by atoms with Crippen LogP contribution in [0, 0.1) is 0 Å². The number of benzene rings is 2. The Hall–Kier alpha value is -3.09. The van der Waals surface area contributed by atoms with Crippen LogP contribution in [0.4, 0.5) is 0 Å². The molecule has 1 aromatic heterocycles. The number of para-hydroxylation sites is 1. The van der Waals surface area contributed by atoms with Gasteiger partial charge in [-0.3, -0.25) is 4.79 Å². The number of hydrogen-bond donors (Lipinski definition) is 1. The number of Topliss-reactive ketones (excluding diaryl/α,β-unsaturated/α-hetero) is 1. The second kappa shape index (κ2) is 6.82.